The second kappa shape index (κ2) is 9.97. The van der Waals surface area contributed by atoms with Crippen LogP contribution in [0.2, 0.25) is 0 Å². The SMILES string of the molecule is CCCCCN(C(=O)Nc1cnccn1)c1ccc(OCC(=O)O)cc1. The summed E-state index contributed by atoms with van der Waals surface area (Å²) in [4.78, 5) is 32.8. The molecule has 138 valence electrons. The fourth-order valence-electron chi connectivity index (χ4n) is 2.28. The van der Waals surface area contributed by atoms with E-state index in [1.807, 2.05) is 0 Å². The van der Waals surface area contributed by atoms with Gasteiger partial charge in [0.25, 0.3) is 0 Å². The summed E-state index contributed by atoms with van der Waals surface area (Å²) in [5.41, 5.74) is 0.685. The summed E-state index contributed by atoms with van der Waals surface area (Å²) in [5, 5.41) is 11.4. The number of carbonyl (C=O) groups is 2. The molecule has 2 aromatic rings. The van der Waals surface area contributed by atoms with Crippen LogP contribution >= 0.6 is 0 Å². The van der Waals surface area contributed by atoms with E-state index in [2.05, 4.69) is 22.2 Å². The van der Waals surface area contributed by atoms with Gasteiger partial charge in [-0.25, -0.2) is 14.6 Å². The Kier molecular flexibility index (Phi) is 7.35. The smallest absolute Gasteiger partial charge is 0.341 e. The van der Waals surface area contributed by atoms with Crippen molar-refractivity contribution in [2.75, 3.05) is 23.4 Å². The number of amides is 2. The lowest BCUT2D eigenvalue weighted by Gasteiger charge is -2.23. The van der Waals surface area contributed by atoms with Gasteiger partial charge in [0.1, 0.15) is 5.75 Å². The number of hydrogen-bond donors (Lipinski definition) is 2. The maximum absolute atomic E-state index is 12.6. The van der Waals surface area contributed by atoms with Crippen LogP contribution in [0.15, 0.2) is 42.9 Å². The molecule has 0 fully saturated rings. The highest BCUT2D eigenvalue weighted by Gasteiger charge is 2.16. The third-order valence-electron chi connectivity index (χ3n) is 3.54. The lowest BCUT2D eigenvalue weighted by Crippen LogP contribution is -2.36. The number of nitrogens with one attached hydrogen (secondary N) is 1. The maximum atomic E-state index is 12.6. The molecule has 2 amide bonds. The van der Waals surface area contributed by atoms with Crippen LogP contribution in [0, 0.1) is 0 Å². The average Bonchev–Trinajstić information content (AvgIpc) is 2.65. The third kappa shape index (κ3) is 6.04. The Morgan fingerprint density at radius 2 is 1.96 bits per heavy atom. The quantitative estimate of drug-likeness (QED) is 0.667. The number of rotatable bonds is 9. The van der Waals surface area contributed by atoms with Crippen LogP contribution in [0.3, 0.4) is 0 Å². The van der Waals surface area contributed by atoms with Gasteiger partial charge in [0, 0.05) is 24.6 Å². The van der Waals surface area contributed by atoms with E-state index in [-0.39, 0.29) is 6.03 Å². The first-order valence-corrected chi connectivity index (χ1v) is 8.39. The van der Waals surface area contributed by atoms with Crippen LogP contribution in [0.4, 0.5) is 16.3 Å². The van der Waals surface area contributed by atoms with Crippen molar-refractivity contribution < 1.29 is 19.4 Å². The number of benzene rings is 1. The van der Waals surface area contributed by atoms with Gasteiger partial charge in [-0.2, -0.15) is 0 Å². The third-order valence-corrected chi connectivity index (χ3v) is 3.54. The van der Waals surface area contributed by atoms with Gasteiger partial charge in [-0.15, -0.1) is 0 Å². The van der Waals surface area contributed by atoms with E-state index < -0.39 is 12.6 Å². The van der Waals surface area contributed by atoms with Gasteiger partial charge >= 0.3 is 12.0 Å². The summed E-state index contributed by atoms with van der Waals surface area (Å²) < 4.78 is 5.12. The van der Waals surface area contributed by atoms with Crippen molar-refractivity contribution >= 4 is 23.5 Å². The summed E-state index contributed by atoms with van der Waals surface area (Å²) in [6.07, 6.45) is 7.43. The Hall–Kier alpha value is -3.16. The van der Waals surface area contributed by atoms with Crippen LogP contribution < -0.4 is 15.0 Å². The number of carboxylic acid groups (broad SMARTS) is 1. The first kappa shape index (κ1) is 19.2. The van der Waals surface area contributed by atoms with E-state index in [1.165, 1.54) is 18.6 Å². The molecule has 0 bridgehead atoms. The number of anilines is 2. The first-order chi connectivity index (χ1) is 12.6. The molecule has 0 unspecified atom stereocenters. The van der Waals surface area contributed by atoms with Crippen LogP contribution in [-0.4, -0.2) is 40.2 Å². The summed E-state index contributed by atoms with van der Waals surface area (Å²) in [7, 11) is 0. The maximum Gasteiger partial charge on any atom is 0.341 e. The molecule has 0 radical (unpaired) electrons. The molecule has 0 saturated heterocycles. The number of carbonyl (C=O) groups excluding carboxylic acids is 1. The van der Waals surface area contributed by atoms with E-state index in [4.69, 9.17) is 9.84 Å². The molecule has 1 heterocycles. The molecule has 0 aliphatic rings. The van der Waals surface area contributed by atoms with Crippen LogP contribution in [0.5, 0.6) is 5.75 Å². The number of ether oxygens (including phenoxy) is 1. The van der Waals surface area contributed by atoms with Gasteiger partial charge in [-0.3, -0.25) is 15.2 Å². The molecular weight excluding hydrogens is 336 g/mol. The lowest BCUT2D eigenvalue weighted by molar-refractivity contribution is -0.139. The van der Waals surface area contributed by atoms with Crippen LogP contribution in [0.25, 0.3) is 0 Å². The highest BCUT2D eigenvalue weighted by Crippen LogP contribution is 2.21. The average molecular weight is 358 g/mol. The molecule has 0 saturated carbocycles. The number of hydrogen-bond acceptors (Lipinski definition) is 5. The summed E-state index contributed by atoms with van der Waals surface area (Å²) in [6, 6.07) is 6.42. The molecule has 2 N–H and O–H groups in total. The van der Waals surface area contributed by atoms with E-state index >= 15 is 0 Å². The zero-order valence-corrected chi connectivity index (χ0v) is 14.6. The largest absolute Gasteiger partial charge is 0.482 e. The molecular formula is C18H22N4O4. The number of nitrogens with zero attached hydrogens (tertiary/aromatic N) is 3. The molecule has 8 heteroatoms. The predicted octanol–water partition coefficient (Wildman–Crippen LogP) is 3.17. The Bertz CT molecular complexity index is 707. The zero-order chi connectivity index (χ0) is 18.8. The van der Waals surface area contributed by atoms with E-state index in [0.717, 1.165) is 19.3 Å². The van der Waals surface area contributed by atoms with Crippen molar-refractivity contribution in [3.8, 4) is 5.75 Å². The van der Waals surface area contributed by atoms with Gasteiger partial charge in [-0.05, 0) is 30.7 Å². The van der Waals surface area contributed by atoms with Gasteiger partial charge in [-0.1, -0.05) is 19.8 Å². The normalized spacial score (nSPS) is 10.2. The second-order valence-corrected chi connectivity index (χ2v) is 5.56. The summed E-state index contributed by atoms with van der Waals surface area (Å²) in [5.74, 6) is -0.239. The fourth-order valence-corrected chi connectivity index (χ4v) is 2.28. The summed E-state index contributed by atoms with van der Waals surface area (Å²) in [6.45, 7) is 2.24. The predicted molar refractivity (Wildman–Crippen MR) is 97.5 cm³/mol. The molecule has 8 nitrogen and oxygen atoms in total. The molecule has 1 aromatic heterocycles. The number of aliphatic carboxylic acids is 1. The number of urea groups is 1. The van der Waals surface area contributed by atoms with Crippen molar-refractivity contribution in [2.45, 2.75) is 26.2 Å². The Morgan fingerprint density at radius 1 is 1.19 bits per heavy atom. The Labute approximate surface area is 151 Å². The summed E-state index contributed by atoms with van der Waals surface area (Å²) >= 11 is 0. The van der Waals surface area contributed by atoms with E-state index in [0.29, 0.717) is 23.8 Å². The van der Waals surface area contributed by atoms with Gasteiger partial charge in [0.15, 0.2) is 12.4 Å². The van der Waals surface area contributed by atoms with Crippen molar-refractivity contribution in [3.05, 3.63) is 42.9 Å². The van der Waals surface area contributed by atoms with Crippen LogP contribution in [-0.2, 0) is 4.79 Å². The van der Waals surface area contributed by atoms with Gasteiger partial charge in [0.05, 0.1) is 6.20 Å². The van der Waals surface area contributed by atoms with Crippen molar-refractivity contribution in [2.24, 2.45) is 0 Å². The minimum atomic E-state index is -1.04. The fraction of sp³-hybridized carbons (Fsp3) is 0.333. The highest BCUT2D eigenvalue weighted by atomic mass is 16.5. The molecule has 1 aromatic carbocycles. The van der Waals surface area contributed by atoms with Crippen LogP contribution in [0.1, 0.15) is 26.2 Å². The van der Waals surface area contributed by atoms with Crippen molar-refractivity contribution in [1.82, 2.24) is 9.97 Å². The molecule has 0 aliphatic carbocycles. The molecule has 2 rings (SSSR count). The standard InChI is InChI=1S/C18H22N4O4/c1-2-3-4-11-22(18(25)21-16-12-19-9-10-20-16)14-5-7-15(8-6-14)26-13-17(23)24/h5-10,12H,2-4,11,13H2,1H3,(H,23,24)(H,20,21,25). The lowest BCUT2D eigenvalue weighted by atomic mass is 10.2. The minimum absolute atomic E-state index is 0.305. The topological polar surface area (TPSA) is 105 Å². The van der Waals surface area contributed by atoms with Gasteiger partial charge < -0.3 is 9.84 Å². The molecule has 0 aliphatic heterocycles. The Balaban J connectivity index is 2.09. The number of carboxylic acids is 1. The highest BCUT2D eigenvalue weighted by molar-refractivity contribution is 6.01. The molecule has 0 spiro atoms. The van der Waals surface area contributed by atoms with E-state index in [1.54, 1.807) is 29.2 Å². The zero-order valence-electron chi connectivity index (χ0n) is 14.6. The van der Waals surface area contributed by atoms with Crippen molar-refractivity contribution in [3.63, 3.8) is 0 Å². The molecule has 26 heavy (non-hydrogen) atoms. The number of aromatic nitrogens is 2. The minimum Gasteiger partial charge on any atom is -0.482 e. The van der Waals surface area contributed by atoms with Crippen molar-refractivity contribution in [1.29, 1.82) is 0 Å². The Morgan fingerprint density at radius 3 is 2.58 bits per heavy atom. The monoisotopic (exact) mass is 358 g/mol. The second-order valence-electron chi connectivity index (χ2n) is 5.56. The number of unbranched alkanes of at least 4 members (excludes halogenated alkanes) is 2. The molecule has 0 atom stereocenters. The van der Waals surface area contributed by atoms with E-state index in [9.17, 15) is 9.59 Å². The first-order valence-electron chi connectivity index (χ1n) is 8.39. The van der Waals surface area contributed by atoms with Gasteiger partial charge in [0.2, 0.25) is 0 Å².